The molecule has 18 heavy (non-hydrogen) atoms. The Kier molecular flexibility index (Phi) is 5.22. The number of hydrogen-bond acceptors (Lipinski definition) is 6. The first kappa shape index (κ1) is 14.1. The summed E-state index contributed by atoms with van der Waals surface area (Å²) in [6, 6.07) is 3.23. The van der Waals surface area contributed by atoms with Crippen molar-refractivity contribution in [1.29, 1.82) is 0 Å². The van der Waals surface area contributed by atoms with E-state index in [-0.39, 0.29) is 6.54 Å². The van der Waals surface area contributed by atoms with Gasteiger partial charge in [0.2, 0.25) is 5.91 Å². The molecule has 1 heterocycles. The van der Waals surface area contributed by atoms with Crippen molar-refractivity contribution in [3.63, 3.8) is 0 Å². The fourth-order valence-corrected chi connectivity index (χ4v) is 1.21. The van der Waals surface area contributed by atoms with Crippen LogP contribution in [-0.2, 0) is 16.1 Å². The normalized spacial score (nSPS) is 11.9. The minimum absolute atomic E-state index is 0.0514. The summed E-state index contributed by atoms with van der Waals surface area (Å²) in [6.07, 6.45) is 0.173. The zero-order chi connectivity index (χ0) is 13.5. The number of amides is 1. The third-order valence-electron chi connectivity index (χ3n) is 2.22. The molecule has 1 amide bonds. The van der Waals surface area contributed by atoms with Crippen molar-refractivity contribution in [2.24, 2.45) is 5.73 Å². The van der Waals surface area contributed by atoms with Gasteiger partial charge < -0.3 is 20.9 Å². The maximum absolute atomic E-state index is 11.1. The molecule has 0 aromatic carbocycles. The Bertz CT molecular complexity index is 419. The number of ether oxygens (including phenoxy) is 1. The van der Waals surface area contributed by atoms with Gasteiger partial charge in [-0.1, -0.05) is 0 Å². The fraction of sp³-hybridized carbons (Fsp3) is 0.364. The van der Waals surface area contributed by atoms with E-state index >= 15 is 0 Å². The number of aliphatic hydroxyl groups is 1. The molecule has 0 aliphatic heterocycles. The second-order valence-corrected chi connectivity index (χ2v) is 3.58. The molecule has 98 valence electrons. The topological polar surface area (TPSA) is 115 Å². The van der Waals surface area contributed by atoms with E-state index < -0.39 is 18.0 Å². The highest BCUT2D eigenvalue weighted by Crippen LogP contribution is 2.01. The third-order valence-corrected chi connectivity index (χ3v) is 2.22. The number of primary amides is 1. The number of nitrogens with two attached hydrogens (primary N) is 1. The monoisotopic (exact) mass is 253 g/mol. The summed E-state index contributed by atoms with van der Waals surface area (Å²) in [7, 11) is 1.29. The number of esters is 1. The quantitative estimate of drug-likeness (QED) is 0.549. The summed E-state index contributed by atoms with van der Waals surface area (Å²) in [4.78, 5) is 25.7. The van der Waals surface area contributed by atoms with Gasteiger partial charge in [-0.2, -0.15) is 0 Å². The number of nitrogens with one attached hydrogen (secondary N) is 1. The Balaban J connectivity index is 2.44. The molecule has 1 aromatic rings. The van der Waals surface area contributed by atoms with Crippen LogP contribution < -0.4 is 11.1 Å². The number of aromatic nitrogens is 1. The van der Waals surface area contributed by atoms with E-state index in [1.807, 2.05) is 0 Å². The molecule has 7 nitrogen and oxygen atoms in total. The average Bonchev–Trinajstić information content (AvgIpc) is 2.38. The lowest BCUT2D eigenvalue weighted by Crippen LogP contribution is -2.37. The second kappa shape index (κ2) is 6.67. The molecule has 7 heteroatoms. The maximum Gasteiger partial charge on any atom is 0.339 e. The van der Waals surface area contributed by atoms with Gasteiger partial charge in [-0.15, -0.1) is 0 Å². The number of methoxy groups -OCH3 is 1. The fourth-order valence-electron chi connectivity index (χ4n) is 1.21. The van der Waals surface area contributed by atoms with Crippen LogP contribution in [-0.4, -0.2) is 41.7 Å². The highest BCUT2D eigenvalue weighted by Gasteiger charge is 2.10. The molecule has 1 atom stereocenters. The smallest absolute Gasteiger partial charge is 0.339 e. The number of rotatable bonds is 6. The number of nitrogens with zero attached hydrogens (tertiary/aromatic N) is 1. The van der Waals surface area contributed by atoms with Crippen molar-refractivity contribution in [2.45, 2.75) is 12.6 Å². The van der Waals surface area contributed by atoms with Gasteiger partial charge in [0.15, 0.2) is 0 Å². The van der Waals surface area contributed by atoms with Gasteiger partial charge >= 0.3 is 5.97 Å². The number of carbonyl (C=O) groups excluding carboxylic acids is 2. The van der Waals surface area contributed by atoms with E-state index in [1.165, 1.54) is 13.3 Å². The van der Waals surface area contributed by atoms with Crippen molar-refractivity contribution in [3.8, 4) is 0 Å². The van der Waals surface area contributed by atoms with Gasteiger partial charge in [-0.05, 0) is 12.1 Å². The molecule has 0 saturated heterocycles. The van der Waals surface area contributed by atoms with Crippen molar-refractivity contribution < 1.29 is 19.4 Å². The lowest BCUT2D eigenvalue weighted by atomic mass is 10.2. The van der Waals surface area contributed by atoms with Crippen LogP contribution in [0.4, 0.5) is 0 Å². The largest absolute Gasteiger partial charge is 0.465 e. The highest BCUT2D eigenvalue weighted by atomic mass is 16.5. The summed E-state index contributed by atoms with van der Waals surface area (Å²) in [5.41, 5.74) is 5.91. The summed E-state index contributed by atoms with van der Waals surface area (Å²) in [5.74, 6) is -1.23. The highest BCUT2D eigenvalue weighted by molar-refractivity contribution is 5.88. The lowest BCUT2D eigenvalue weighted by molar-refractivity contribution is -0.125. The zero-order valence-electron chi connectivity index (χ0n) is 9.92. The minimum Gasteiger partial charge on any atom is -0.465 e. The van der Waals surface area contributed by atoms with E-state index in [0.717, 1.165) is 0 Å². The molecule has 0 radical (unpaired) electrons. The van der Waals surface area contributed by atoms with Crippen LogP contribution in [0.5, 0.6) is 0 Å². The summed E-state index contributed by atoms with van der Waals surface area (Å²) in [5, 5.41) is 12.0. The first-order valence-corrected chi connectivity index (χ1v) is 5.26. The molecule has 1 rings (SSSR count). The molecule has 0 aliphatic carbocycles. The number of carbonyl (C=O) groups is 2. The van der Waals surface area contributed by atoms with Gasteiger partial charge in [0.05, 0.1) is 18.4 Å². The predicted molar refractivity (Wildman–Crippen MR) is 62.5 cm³/mol. The molecule has 0 fully saturated rings. The Morgan fingerprint density at radius 2 is 2.28 bits per heavy atom. The van der Waals surface area contributed by atoms with Crippen LogP contribution in [0, 0.1) is 0 Å². The lowest BCUT2D eigenvalue weighted by Gasteiger charge is -2.08. The molecular formula is C11H15N3O4. The molecule has 1 aromatic heterocycles. The van der Waals surface area contributed by atoms with Crippen molar-refractivity contribution >= 4 is 11.9 Å². The van der Waals surface area contributed by atoms with Gasteiger partial charge in [0.25, 0.3) is 0 Å². The first-order chi connectivity index (χ1) is 8.54. The van der Waals surface area contributed by atoms with Gasteiger partial charge in [-0.3, -0.25) is 9.78 Å². The molecule has 1 unspecified atom stereocenters. The number of hydrogen-bond donors (Lipinski definition) is 3. The second-order valence-electron chi connectivity index (χ2n) is 3.58. The van der Waals surface area contributed by atoms with Crippen molar-refractivity contribution in [3.05, 3.63) is 29.6 Å². The summed E-state index contributed by atoms with van der Waals surface area (Å²) < 4.78 is 4.54. The maximum atomic E-state index is 11.1. The van der Waals surface area contributed by atoms with Crippen molar-refractivity contribution in [1.82, 2.24) is 10.3 Å². The summed E-state index contributed by atoms with van der Waals surface area (Å²) in [6.45, 7) is 0.404. The van der Waals surface area contributed by atoms with Crippen LogP contribution in [0.1, 0.15) is 16.1 Å². The van der Waals surface area contributed by atoms with Gasteiger partial charge in [-0.25, -0.2) is 4.79 Å². The predicted octanol–water partition coefficient (Wildman–Crippen LogP) is -1.20. The van der Waals surface area contributed by atoms with Crippen LogP contribution in [0.15, 0.2) is 18.3 Å². The van der Waals surface area contributed by atoms with Crippen LogP contribution in [0.25, 0.3) is 0 Å². The Hall–Kier alpha value is -1.99. The first-order valence-electron chi connectivity index (χ1n) is 5.26. The Morgan fingerprint density at radius 1 is 1.56 bits per heavy atom. The van der Waals surface area contributed by atoms with E-state index in [9.17, 15) is 9.59 Å². The molecule has 0 bridgehead atoms. The van der Waals surface area contributed by atoms with Crippen LogP contribution >= 0.6 is 0 Å². The molecule has 4 N–H and O–H groups in total. The zero-order valence-corrected chi connectivity index (χ0v) is 9.92. The van der Waals surface area contributed by atoms with E-state index in [2.05, 4.69) is 15.0 Å². The van der Waals surface area contributed by atoms with E-state index in [1.54, 1.807) is 12.1 Å². The molecular weight excluding hydrogens is 238 g/mol. The number of aliphatic hydroxyl groups excluding tert-OH is 1. The Morgan fingerprint density at radius 3 is 2.78 bits per heavy atom. The van der Waals surface area contributed by atoms with E-state index in [4.69, 9.17) is 10.8 Å². The van der Waals surface area contributed by atoms with Crippen LogP contribution in [0.2, 0.25) is 0 Å². The van der Waals surface area contributed by atoms with Crippen molar-refractivity contribution in [2.75, 3.05) is 13.7 Å². The van der Waals surface area contributed by atoms with Crippen LogP contribution in [0.3, 0.4) is 0 Å². The molecule has 0 aliphatic rings. The van der Waals surface area contributed by atoms with E-state index in [0.29, 0.717) is 17.8 Å². The minimum atomic E-state index is -1.22. The molecule has 0 saturated carbocycles. The van der Waals surface area contributed by atoms with Gasteiger partial charge in [0, 0.05) is 19.3 Å². The average molecular weight is 253 g/mol. The third kappa shape index (κ3) is 4.11. The SMILES string of the molecule is COC(=O)c1ccc(CNCC(O)C(N)=O)nc1. The number of pyridine rings is 1. The standard InChI is InChI=1S/C11H15N3O4/c1-18-11(17)7-2-3-8(14-4-7)5-13-6-9(15)10(12)16/h2-4,9,13,15H,5-6H2,1H3,(H2,12,16). The summed E-state index contributed by atoms with van der Waals surface area (Å²) >= 11 is 0. The van der Waals surface area contributed by atoms with Gasteiger partial charge in [0.1, 0.15) is 6.10 Å². The Labute approximate surface area is 104 Å². The molecule has 0 spiro atoms.